The lowest BCUT2D eigenvalue weighted by molar-refractivity contribution is -0.153. The molecule has 0 aliphatic carbocycles. The SMILES string of the molecule is CCCCC(C)(C)C(CCCO)OC(C)=O. The van der Waals surface area contributed by atoms with Gasteiger partial charge in [0.1, 0.15) is 6.10 Å². The normalized spacial score (nSPS) is 13.6. The van der Waals surface area contributed by atoms with Gasteiger partial charge in [0.15, 0.2) is 0 Å². The van der Waals surface area contributed by atoms with Gasteiger partial charge in [0, 0.05) is 18.9 Å². The van der Waals surface area contributed by atoms with E-state index >= 15 is 0 Å². The summed E-state index contributed by atoms with van der Waals surface area (Å²) in [6.07, 6.45) is 4.69. The minimum Gasteiger partial charge on any atom is -0.462 e. The van der Waals surface area contributed by atoms with Crippen LogP contribution in [0.1, 0.15) is 59.8 Å². The summed E-state index contributed by atoms with van der Waals surface area (Å²) in [5, 5.41) is 8.85. The molecular formula is C13H26O3. The van der Waals surface area contributed by atoms with Gasteiger partial charge in [0.05, 0.1) is 0 Å². The molecule has 0 spiro atoms. The fraction of sp³-hybridized carbons (Fsp3) is 0.923. The molecule has 0 aliphatic heterocycles. The first-order chi connectivity index (χ1) is 7.44. The molecule has 0 aromatic heterocycles. The van der Waals surface area contributed by atoms with Crippen LogP contribution in [-0.2, 0) is 9.53 Å². The van der Waals surface area contributed by atoms with Gasteiger partial charge >= 0.3 is 5.97 Å². The highest BCUT2D eigenvalue weighted by Gasteiger charge is 2.30. The van der Waals surface area contributed by atoms with E-state index < -0.39 is 0 Å². The van der Waals surface area contributed by atoms with Crippen LogP contribution < -0.4 is 0 Å². The van der Waals surface area contributed by atoms with Crippen LogP contribution in [0.5, 0.6) is 0 Å². The van der Waals surface area contributed by atoms with Gasteiger partial charge in [-0.3, -0.25) is 4.79 Å². The van der Waals surface area contributed by atoms with Crippen LogP contribution in [0, 0.1) is 5.41 Å². The van der Waals surface area contributed by atoms with Gasteiger partial charge in [0.25, 0.3) is 0 Å². The topological polar surface area (TPSA) is 46.5 Å². The lowest BCUT2D eigenvalue weighted by Gasteiger charge is -2.33. The van der Waals surface area contributed by atoms with Gasteiger partial charge in [-0.25, -0.2) is 0 Å². The van der Waals surface area contributed by atoms with E-state index in [-0.39, 0.29) is 24.1 Å². The van der Waals surface area contributed by atoms with E-state index in [1.807, 2.05) is 0 Å². The van der Waals surface area contributed by atoms with E-state index in [1.165, 1.54) is 6.92 Å². The number of hydrogen-bond donors (Lipinski definition) is 1. The van der Waals surface area contributed by atoms with E-state index in [2.05, 4.69) is 20.8 Å². The molecule has 0 saturated heterocycles. The molecule has 3 nitrogen and oxygen atoms in total. The second kappa shape index (κ2) is 7.66. The minimum atomic E-state index is -0.229. The number of carbonyl (C=O) groups excluding carboxylic acids is 1. The minimum absolute atomic E-state index is 0.00312. The van der Waals surface area contributed by atoms with E-state index in [1.54, 1.807) is 0 Å². The summed E-state index contributed by atoms with van der Waals surface area (Å²) in [7, 11) is 0. The molecule has 1 atom stereocenters. The number of aliphatic hydroxyl groups is 1. The zero-order valence-corrected chi connectivity index (χ0v) is 11.1. The first-order valence-corrected chi connectivity index (χ1v) is 6.22. The van der Waals surface area contributed by atoms with Crippen molar-refractivity contribution in [2.45, 2.75) is 65.9 Å². The van der Waals surface area contributed by atoms with Gasteiger partial charge in [-0.2, -0.15) is 0 Å². The molecular weight excluding hydrogens is 204 g/mol. The summed E-state index contributed by atoms with van der Waals surface area (Å²) in [6.45, 7) is 8.02. The molecule has 16 heavy (non-hydrogen) atoms. The maximum atomic E-state index is 11.1. The lowest BCUT2D eigenvalue weighted by Crippen LogP contribution is -2.33. The average molecular weight is 230 g/mol. The van der Waals surface area contributed by atoms with Gasteiger partial charge in [0.2, 0.25) is 0 Å². The maximum Gasteiger partial charge on any atom is 0.302 e. The fourth-order valence-corrected chi connectivity index (χ4v) is 1.88. The number of rotatable bonds is 8. The van der Waals surface area contributed by atoms with Crippen LogP contribution in [0.3, 0.4) is 0 Å². The van der Waals surface area contributed by atoms with Gasteiger partial charge in [-0.15, -0.1) is 0 Å². The largest absolute Gasteiger partial charge is 0.462 e. The third-order valence-corrected chi connectivity index (χ3v) is 2.98. The summed E-state index contributed by atoms with van der Waals surface area (Å²) in [5.41, 5.74) is -0.00312. The molecule has 0 aromatic carbocycles. The third kappa shape index (κ3) is 6.11. The maximum absolute atomic E-state index is 11.1. The zero-order chi connectivity index (χ0) is 12.6. The van der Waals surface area contributed by atoms with Crippen molar-refractivity contribution in [2.24, 2.45) is 5.41 Å². The number of unbranched alkanes of at least 4 members (excludes halogenated alkanes) is 1. The summed E-state index contributed by atoms with van der Waals surface area (Å²) in [6, 6.07) is 0. The van der Waals surface area contributed by atoms with Crippen molar-refractivity contribution in [1.82, 2.24) is 0 Å². The Morgan fingerprint density at radius 2 is 2.00 bits per heavy atom. The summed E-state index contributed by atoms with van der Waals surface area (Å²) >= 11 is 0. The predicted molar refractivity (Wildman–Crippen MR) is 65.2 cm³/mol. The Morgan fingerprint density at radius 3 is 2.44 bits per heavy atom. The van der Waals surface area contributed by atoms with Crippen LogP contribution in [0.2, 0.25) is 0 Å². The molecule has 0 amide bonds. The van der Waals surface area contributed by atoms with Crippen molar-refractivity contribution in [2.75, 3.05) is 6.61 Å². The van der Waals surface area contributed by atoms with Crippen LogP contribution in [0.25, 0.3) is 0 Å². The summed E-state index contributed by atoms with van der Waals surface area (Å²) in [5.74, 6) is -0.229. The molecule has 1 unspecified atom stereocenters. The van der Waals surface area contributed by atoms with Crippen molar-refractivity contribution in [3.8, 4) is 0 Å². The molecule has 96 valence electrons. The molecule has 3 heteroatoms. The highest BCUT2D eigenvalue weighted by Crippen LogP contribution is 2.32. The van der Waals surface area contributed by atoms with E-state index in [4.69, 9.17) is 9.84 Å². The first kappa shape index (κ1) is 15.4. The monoisotopic (exact) mass is 230 g/mol. The Morgan fingerprint density at radius 1 is 1.38 bits per heavy atom. The van der Waals surface area contributed by atoms with E-state index in [0.717, 1.165) is 25.7 Å². The number of hydrogen-bond acceptors (Lipinski definition) is 3. The lowest BCUT2D eigenvalue weighted by atomic mass is 9.79. The van der Waals surface area contributed by atoms with Gasteiger partial charge in [-0.1, -0.05) is 33.6 Å². The molecule has 0 saturated carbocycles. The molecule has 0 radical (unpaired) electrons. The van der Waals surface area contributed by atoms with Crippen LogP contribution >= 0.6 is 0 Å². The molecule has 0 bridgehead atoms. The molecule has 0 heterocycles. The second-order valence-corrected chi connectivity index (χ2v) is 5.06. The van der Waals surface area contributed by atoms with Crippen molar-refractivity contribution >= 4 is 5.97 Å². The Hall–Kier alpha value is -0.570. The summed E-state index contributed by atoms with van der Waals surface area (Å²) in [4.78, 5) is 11.1. The molecule has 0 aliphatic rings. The fourth-order valence-electron chi connectivity index (χ4n) is 1.88. The highest BCUT2D eigenvalue weighted by atomic mass is 16.5. The molecule has 0 aromatic rings. The van der Waals surface area contributed by atoms with Gasteiger partial charge < -0.3 is 9.84 Å². The van der Waals surface area contributed by atoms with Crippen molar-refractivity contribution in [3.63, 3.8) is 0 Å². The predicted octanol–water partition coefficient (Wildman–Crippen LogP) is 2.91. The van der Waals surface area contributed by atoms with Crippen LogP contribution in [0.4, 0.5) is 0 Å². The first-order valence-electron chi connectivity index (χ1n) is 6.22. The molecule has 1 N–H and O–H groups in total. The number of carbonyl (C=O) groups is 1. The van der Waals surface area contributed by atoms with Crippen molar-refractivity contribution in [1.29, 1.82) is 0 Å². The highest BCUT2D eigenvalue weighted by molar-refractivity contribution is 5.66. The van der Waals surface area contributed by atoms with E-state index in [9.17, 15) is 4.79 Å². The standard InChI is InChI=1S/C13H26O3/c1-5-6-9-13(3,4)12(8-7-10-14)16-11(2)15/h12,14H,5-10H2,1-4H3. The molecule has 0 rings (SSSR count). The van der Waals surface area contributed by atoms with Crippen LogP contribution in [-0.4, -0.2) is 23.8 Å². The Kier molecular flexibility index (Phi) is 7.39. The summed E-state index contributed by atoms with van der Waals surface area (Å²) < 4.78 is 5.36. The average Bonchev–Trinajstić information content (AvgIpc) is 2.20. The zero-order valence-electron chi connectivity index (χ0n) is 11.1. The third-order valence-electron chi connectivity index (χ3n) is 2.98. The van der Waals surface area contributed by atoms with Gasteiger partial charge in [-0.05, 0) is 19.3 Å². The van der Waals surface area contributed by atoms with E-state index in [0.29, 0.717) is 6.42 Å². The molecule has 0 fully saturated rings. The number of aliphatic hydroxyl groups excluding tert-OH is 1. The number of ether oxygens (including phenoxy) is 1. The Bertz CT molecular complexity index is 199. The second-order valence-electron chi connectivity index (χ2n) is 5.06. The van der Waals surface area contributed by atoms with Crippen molar-refractivity contribution in [3.05, 3.63) is 0 Å². The Labute approximate surface area is 99.2 Å². The Balaban J connectivity index is 4.38. The van der Waals surface area contributed by atoms with Crippen molar-refractivity contribution < 1.29 is 14.6 Å². The van der Waals surface area contributed by atoms with Crippen LogP contribution in [0.15, 0.2) is 0 Å². The quantitative estimate of drug-likeness (QED) is 0.652. The smallest absolute Gasteiger partial charge is 0.302 e. The number of esters is 1.